The summed E-state index contributed by atoms with van der Waals surface area (Å²) in [5, 5.41) is 0. The first-order chi connectivity index (χ1) is 2.00. The molecule has 0 radical (unpaired) electrons. The van der Waals surface area contributed by atoms with Crippen molar-refractivity contribution in [2.24, 2.45) is 0 Å². The van der Waals surface area contributed by atoms with Crippen LogP contribution in [-0.2, 0) is 4.57 Å². The number of hydrogen-bond donors (Lipinski definition) is 3. The molecule has 0 aliphatic carbocycles. The van der Waals surface area contributed by atoms with Gasteiger partial charge >= 0.3 is 83.3 Å². The van der Waals surface area contributed by atoms with E-state index in [-0.39, 0.29) is 81.1 Å². The van der Waals surface area contributed by atoms with Gasteiger partial charge in [0.15, 0.2) is 0 Å². The summed E-state index contributed by atoms with van der Waals surface area (Å²) in [6, 6.07) is 0. The molecule has 0 amide bonds. The normalized spacial score (nSPS) is 6.56. The summed E-state index contributed by atoms with van der Waals surface area (Å²) in [4.78, 5) is 21.6. The third-order valence-electron chi connectivity index (χ3n) is 0. The van der Waals surface area contributed by atoms with Gasteiger partial charge < -0.3 is 20.4 Å². The Balaban J connectivity index is -0.00000000286. The molecule has 4 nitrogen and oxygen atoms in total. The Hall–Kier alpha value is 2.50. The third-order valence-corrected chi connectivity index (χ3v) is 0. The predicted octanol–water partition coefficient (Wildman–Crippen LogP) is -12.5. The van der Waals surface area contributed by atoms with Crippen molar-refractivity contribution < 1.29 is 100 Å². The maximum absolute atomic E-state index is 8.88. The molecule has 40 valence electrons. The average Bonchev–Trinajstić information content (AvgIpc) is 0.722. The van der Waals surface area contributed by atoms with Gasteiger partial charge in [0.25, 0.3) is 0 Å². The van der Waals surface area contributed by atoms with Gasteiger partial charge in [-0.1, -0.05) is 0 Å². The fraction of sp³-hybridized carbons (Fsp3) is 0. The van der Waals surface area contributed by atoms with Crippen LogP contribution in [0.5, 0.6) is 0 Å². The van der Waals surface area contributed by atoms with Crippen molar-refractivity contribution in [1.29, 1.82) is 0 Å². The SMILES string of the molecule is O=P(O)(O)O.[H-].[H-].[H-].[H-].[Li+].[Li+].[Li+].[Li+]. The molecule has 9 heteroatoms. The summed E-state index contributed by atoms with van der Waals surface area (Å²) < 4.78 is 8.88. The topological polar surface area (TPSA) is 77.8 Å². The van der Waals surface area contributed by atoms with Crippen LogP contribution >= 0.6 is 7.82 Å². The Kier molecular flexibility index (Phi) is 43.7. The Bertz CT molecular complexity index is 70.3. The molecule has 0 unspecified atom stereocenters. The molecule has 0 aliphatic rings. The number of rotatable bonds is 0. The molecule has 0 bridgehead atoms. The molecule has 0 spiro atoms. The summed E-state index contributed by atoms with van der Waals surface area (Å²) in [5.74, 6) is 0. The maximum atomic E-state index is 8.88. The Morgan fingerprint density at radius 1 is 0.889 bits per heavy atom. The standard InChI is InChI=1S/4Li.H3O4P.4H/c;;;;1-5(2,3)4;;;;/h;;;;(H3,1,2,3,4);;;;/q4*+1;;4*-1. The van der Waals surface area contributed by atoms with Crippen LogP contribution in [0.1, 0.15) is 5.71 Å². The van der Waals surface area contributed by atoms with Crippen LogP contribution in [-0.4, -0.2) is 14.7 Å². The van der Waals surface area contributed by atoms with Crippen molar-refractivity contribution in [1.82, 2.24) is 0 Å². The van der Waals surface area contributed by atoms with E-state index in [1.54, 1.807) is 0 Å². The molecule has 0 rings (SSSR count). The van der Waals surface area contributed by atoms with Gasteiger partial charge in [-0.15, -0.1) is 0 Å². The molecular formula is H7Li4O4P. The molecule has 0 aromatic heterocycles. The molecule has 0 atom stereocenters. The van der Waals surface area contributed by atoms with Crippen LogP contribution in [0.4, 0.5) is 0 Å². The zero-order valence-electron chi connectivity index (χ0n) is 10.2. The van der Waals surface area contributed by atoms with Crippen molar-refractivity contribution in [3.8, 4) is 0 Å². The Morgan fingerprint density at radius 2 is 0.889 bits per heavy atom. The smallest absolute Gasteiger partial charge is 1.00 e. The summed E-state index contributed by atoms with van der Waals surface area (Å²) in [5.41, 5.74) is 0. The number of hydrogen-bond acceptors (Lipinski definition) is 1. The molecule has 3 N–H and O–H groups in total. The van der Waals surface area contributed by atoms with Gasteiger partial charge in [-0.2, -0.15) is 0 Å². The average molecular weight is 130 g/mol. The van der Waals surface area contributed by atoms with E-state index >= 15 is 0 Å². The van der Waals surface area contributed by atoms with E-state index in [1.807, 2.05) is 0 Å². The van der Waals surface area contributed by atoms with Gasteiger partial charge in [-0.05, 0) is 0 Å². The van der Waals surface area contributed by atoms with Crippen molar-refractivity contribution in [2.45, 2.75) is 0 Å². The Labute approximate surface area is 107 Å². The minimum Gasteiger partial charge on any atom is -1.00 e. The van der Waals surface area contributed by atoms with Gasteiger partial charge in [0.1, 0.15) is 0 Å². The van der Waals surface area contributed by atoms with Crippen LogP contribution < -0.4 is 75.4 Å². The van der Waals surface area contributed by atoms with E-state index in [9.17, 15) is 0 Å². The molecule has 0 heterocycles. The second-order valence-corrected chi connectivity index (χ2v) is 1.54. The second kappa shape index (κ2) is 13.1. The van der Waals surface area contributed by atoms with E-state index in [0.717, 1.165) is 0 Å². The quantitative estimate of drug-likeness (QED) is 0.224. The monoisotopic (exact) mass is 130 g/mol. The second-order valence-electron chi connectivity index (χ2n) is 0.513. The molecule has 9 heavy (non-hydrogen) atoms. The van der Waals surface area contributed by atoms with E-state index < -0.39 is 7.82 Å². The van der Waals surface area contributed by atoms with E-state index in [0.29, 0.717) is 0 Å². The first kappa shape index (κ1) is 30.0. The van der Waals surface area contributed by atoms with Gasteiger partial charge in [0.05, 0.1) is 0 Å². The van der Waals surface area contributed by atoms with E-state index in [1.165, 1.54) is 0 Å². The fourth-order valence-corrected chi connectivity index (χ4v) is 0. The zero-order valence-corrected chi connectivity index (χ0v) is 7.09. The molecule has 0 saturated carbocycles. The van der Waals surface area contributed by atoms with Crippen LogP contribution in [0.2, 0.25) is 0 Å². The zero-order chi connectivity index (χ0) is 4.50. The minimum atomic E-state index is -4.64. The van der Waals surface area contributed by atoms with Gasteiger partial charge in [-0.3, -0.25) is 0 Å². The van der Waals surface area contributed by atoms with Gasteiger partial charge in [-0.25, -0.2) is 4.57 Å². The van der Waals surface area contributed by atoms with Gasteiger partial charge in [0, 0.05) is 0 Å². The first-order valence-corrected chi connectivity index (χ1v) is 2.35. The fourth-order valence-electron chi connectivity index (χ4n) is 0. The molecule has 0 aliphatic heterocycles. The summed E-state index contributed by atoms with van der Waals surface area (Å²) in [7, 11) is -4.64. The molecule has 0 saturated heterocycles. The van der Waals surface area contributed by atoms with E-state index in [2.05, 4.69) is 0 Å². The molecular weight excluding hydrogens is 123 g/mol. The van der Waals surface area contributed by atoms with Crippen molar-refractivity contribution in [2.75, 3.05) is 0 Å². The summed E-state index contributed by atoms with van der Waals surface area (Å²) in [6.45, 7) is 0. The summed E-state index contributed by atoms with van der Waals surface area (Å²) >= 11 is 0. The van der Waals surface area contributed by atoms with Crippen LogP contribution in [0, 0.1) is 0 Å². The van der Waals surface area contributed by atoms with Crippen LogP contribution in [0.25, 0.3) is 0 Å². The molecule has 0 aromatic carbocycles. The first-order valence-electron chi connectivity index (χ1n) is 0.783. The number of phosphoric acid groups is 1. The summed E-state index contributed by atoms with van der Waals surface area (Å²) in [6.07, 6.45) is 0. The van der Waals surface area contributed by atoms with Crippen molar-refractivity contribution in [3.05, 3.63) is 0 Å². The van der Waals surface area contributed by atoms with Crippen molar-refractivity contribution in [3.63, 3.8) is 0 Å². The van der Waals surface area contributed by atoms with Crippen LogP contribution in [0.15, 0.2) is 0 Å². The maximum Gasteiger partial charge on any atom is 1.00 e. The van der Waals surface area contributed by atoms with Crippen molar-refractivity contribution >= 4 is 7.82 Å². The van der Waals surface area contributed by atoms with E-state index in [4.69, 9.17) is 19.2 Å². The van der Waals surface area contributed by atoms with Crippen LogP contribution in [0.3, 0.4) is 0 Å². The van der Waals surface area contributed by atoms with Gasteiger partial charge in [0.2, 0.25) is 0 Å². The predicted molar refractivity (Wildman–Crippen MR) is 18.7 cm³/mol. The largest absolute Gasteiger partial charge is 1.00 e. The Morgan fingerprint density at radius 3 is 0.889 bits per heavy atom. The minimum absolute atomic E-state index is 0. The molecule has 0 fully saturated rings. The third kappa shape index (κ3) is 121. The molecule has 0 aromatic rings.